The van der Waals surface area contributed by atoms with Crippen LogP contribution in [0.2, 0.25) is 0 Å². The SMILES string of the molecule is C=CC#N.NC(=O)c1ccccc1. The number of hydrogen-bond acceptors (Lipinski definition) is 2. The summed E-state index contributed by atoms with van der Waals surface area (Å²) in [5, 5.41) is 7.51. The highest BCUT2D eigenvalue weighted by Gasteiger charge is 1.93. The first-order valence-corrected chi connectivity index (χ1v) is 3.57. The van der Waals surface area contributed by atoms with Gasteiger partial charge in [0, 0.05) is 11.6 Å². The number of hydrogen-bond donors (Lipinski definition) is 1. The molecule has 1 aromatic rings. The molecule has 0 saturated carbocycles. The fourth-order valence-electron chi connectivity index (χ4n) is 0.602. The number of primary amides is 1. The molecule has 3 heteroatoms. The molecule has 0 bridgehead atoms. The lowest BCUT2D eigenvalue weighted by Gasteiger charge is -1.89. The summed E-state index contributed by atoms with van der Waals surface area (Å²) >= 11 is 0. The summed E-state index contributed by atoms with van der Waals surface area (Å²) in [6.07, 6.45) is 1.18. The number of carbonyl (C=O) groups excluding carboxylic acids is 1. The van der Waals surface area contributed by atoms with Crippen LogP contribution in [0.4, 0.5) is 0 Å². The summed E-state index contributed by atoms with van der Waals surface area (Å²) in [6, 6.07) is 10.5. The van der Waals surface area contributed by atoms with Crippen LogP contribution in [0.1, 0.15) is 10.4 Å². The minimum Gasteiger partial charge on any atom is -0.366 e. The third kappa shape index (κ3) is 5.22. The van der Waals surface area contributed by atoms with Gasteiger partial charge in [0.05, 0.1) is 6.07 Å². The highest BCUT2D eigenvalue weighted by molar-refractivity contribution is 5.92. The molecule has 1 rings (SSSR count). The first-order chi connectivity index (χ1) is 6.22. The number of nitrogens with two attached hydrogens (primary N) is 1. The standard InChI is InChI=1S/C7H7NO.C3H3N/c8-7(9)6-4-2-1-3-5-6;1-2-3-4/h1-5H,(H2,8,9);2H,1H2. The molecule has 3 nitrogen and oxygen atoms in total. The highest BCUT2D eigenvalue weighted by Crippen LogP contribution is 1.94. The van der Waals surface area contributed by atoms with Crippen LogP contribution in [0.15, 0.2) is 43.0 Å². The molecular formula is C10H10N2O. The predicted octanol–water partition coefficient (Wildman–Crippen LogP) is 1.48. The Bertz CT molecular complexity index is 311. The first kappa shape index (κ1) is 10.9. The number of rotatable bonds is 1. The Balaban J connectivity index is 0.000000310. The van der Waals surface area contributed by atoms with Gasteiger partial charge in [-0.1, -0.05) is 24.8 Å². The van der Waals surface area contributed by atoms with Crippen molar-refractivity contribution < 1.29 is 4.79 Å². The van der Waals surface area contributed by atoms with Crippen molar-refractivity contribution in [2.24, 2.45) is 5.73 Å². The minimum atomic E-state index is -0.379. The van der Waals surface area contributed by atoms with Gasteiger partial charge in [0.1, 0.15) is 0 Å². The van der Waals surface area contributed by atoms with E-state index in [9.17, 15) is 4.79 Å². The molecule has 0 saturated heterocycles. The third-order valence-corrected chi connectivity index (χ3v) is 1.15. The van der Waals surface area contributed by atoms with Crippen LogP contribution in [0, 0.1) is 11.3 Å². The Morgan fingerprint density at radius 3 is 2.15 bits per heavy atom. The van der Waals surface area contributed by atoms with Crippen molar-refractivity contribution in [3.05, 3.63) is 48.6 Å². The molecule has 0 spiro atoms. The van der Waals surface area contributed by atoms with Gasteiger partial charge in [0.25, 0.3) is 0 Å². The Morgan fingerprint density at radius 2 is 1.92 bits per heavy atom. The van der Waals surface area contributed by atoms with E-state index < -0.39 is 0 Å². The second kappa shape index (κ2) is 6.62. The van der Waals surface area contributed by atoms with E-state index in [2.05, 4.69) is 6.58 Å². The second-order valence-corrected chi connectivity index (χ2v) is 2.06. The number of nitriles is 1. The molecule has 0 aliphatic rings. The van der Waals surface area contributed by atoms with Crippen LogP contribution in [0.3, 0.4) is 0 Å². The predicted molar refractivity (Wildman–Crippen MR) is 50.8 cm³/mol. The number of benzene rings is 1. The van der Waals surface area contributed by atoms with E-state index in [4.69, 9.17) is 11.0 Å². The van der Waals surface area contributed by atoms with Crippen molar-refractivity contribution in [3.8, 4) is 6.07 Å². The Labute approximate surface area is 77.1 Å². The van der Waals surface area contributed by atoms with E-state index in [0.717, 1.165) is 0 Å². The summed E-state index contributed by atoms with van der Waals surface area (Å²) < 4.78 is 0. The summed E-state index contributed by atoms with van der Waals surface area (Å²) in [5.41, 5.74) is 5.53. The highest BCUT2D eigenvalue weighted by atomic mass is 16.1. The van der Waals surface area contributed by atoms with Crippen LogP contribution in [0.25, 0.3) is 0 Å². The van der Waals surface area contributed by atoms with E-state index >= 15 is 0 Å². The van der Waals surface area contributed by atoms with Gasteiger partial charge in [-0.15, -0.1) is 0 Å². The normalized spacial score (nSPS) is 7.31. The molecule has 0 radical (unpaired) electrons. The molecule has 0 unspecified atom stereocenters. The van der Waals surface area contributed by atoms with Crippen molar-refractivity contribution in [3.63, 3.8) is 0 Å². The van der Waals surface area contributed by atoms with Crippen molar-refractivity contribution in [2.75, 3.05) is 0 Å². The van der Waals surface area contributed by atoms with Gasteiger partial charge in [0.2, 0.25) is 5.91 Å². The number of carbonyl (C=O) groups is 1. The fourth-order valence-corrected chi connectivity index (χ4v) is 0.602. The molecule has 0 heterocycles. The van der Waals surface area contributed by atoms with Crippen molar-refractivity contribution >= 4 is 5.91 Å². The van der Waals surface area contributed by atoms with Crippen molar-refractivity contribution in [2.45, 2.75) is 0 Å². The molecule has 13 heavy (non-hydrogen) atoms. The number of amides is 1. The molecular weight excluding hydrogens is 164 g/mol. The molecule has 66 valence electrons. The Kier molecular flexibility index (Phi) is 5.56. The average Bonchev–Trinajstić information content (AvgIpc) is 2.19. The molecule has 0 aliphatic heterocycles. The van der Waals surface area contributed by atoms with Crippen LogP contribution < -0.4 is 5.73 Å². The van der Waals surface area contributed by atoms with Gasteiger partial charge < -0.3 is 5.73 Å². The lowest BCUT2D eigenvalue weighted by Crippen LogP contribution is -2.09. The maximum atomic E-state index is 10.4. The average molecular weight is 174 g/mol. The van der Waals surface area contributed by atoms with E-state index in [1.165, 1.54) is 6.08 Å². The molecule has 2 N–H and O–H groups in total. The van der Waals surface area contributed by atoms with Crippen LogP contribution in [0.5, 0.6) is 0 Å². The maximum Gasteiger partial charge on any atom is 0.248 e. The Hall–Kier alpha value is -2.08. The lowest BCUT2D eigenvalue weighted by molar-refractivity contribution is 0.100. The monoisotopic (exact) mass is 174 g/mol. The quantitative estimate of drug-likeness (QED) is 0.655. The number of nitrogens with zero attached hydrogens (tertiary/aromatic N) is 1. The first-order valence-electron chi connectivity index (χ1n) is 3.57. The Morgan fingerprint density at radius 1 is 1.46 bits per heavy atom. The maximum absolute atomic E-state index is 10.4. The van der Waals surface area contributed by atoms with Crippen molar-refractivity contribution in [1.82, 2.24) is 0 Å². The minimum absolute atomic E-state index is 0.379. The van der Waals surface area contributed by atoms with Gasteiger partial charge in [0.15, 0.2) is 0 Å². The van der Waals surface area contributed by atoms with Gasteiger partial charge in [-0.2, -0.15) is 5.26 Å². The molecule has 1 aromatic carbocycles. The van der Waals surface area contributed by atoms with Crippen LogP contribution in [-0.4, -0.2) is 5.91 Å². The molecule has 0 fully saturated rings. The summed E-state index contributed by atoms with van der Waals surface area (Å²) in [4.78, 5) is 10.4. The molecule has 0 aromatic heterocycles. The van der Waals surface area contributed by atoms with Gasteiger partial charge in [-0.05, 0) is 12.1 Å². The largest absolute Gasteiger partial charge is 0.366 e. The fraction of sp³-hybridized carbons (Fsp3) is 0. The lowest BCUT2D eigenvalue weighted by atomic mass is 10.2. The van der Waals surface area contributed by atoms with E-state index in [1.807, 2.05) is 6.07 Å². The van der Waals surface area contributed by atoms with Crippen molar-refractivity contribution in [1.29, 1.82) is 5.26 Å². The summed E-state index contributed by atoms with van der Waals surface area (Å²) in [6.45, 7) is 3.12. The third-order valence-electron chi connectivity index (χ3n) is 1.15. The van der Waals surface area contributed by atoms with E-state index in [0.29, 0.717) is 5.56 Å². The van der Waals surface area contributed by atoms with E-state index in [-0.39, 0.29) is 5.91 Å². The van der Waals surface area contributed by atoms with Gasteiger partial charge in [-0.3, -0.25) is 4.79 Å². The topological polar surface area (TPSA) is 66.9 Å². The summed E-state index contributed by atoms with van der Waals surface area (Å²) in [7, 11) is 0. The van der Waals surface area contributed by atoms with Gasteiger partial charge >= 0.3 is 0 Å². The zero-order valence-electron chi connectivity index (χ0n) is 7.10. The summed E-state index contributed by atoms with van der Waals surface area (Å²) in [5.74, 6) is -0.379. The number of allylic oxidation sites excluding steroid dienone is 1. The smallest absolute Gasteiger partial charge is 0.248 e. The van der Waals surface area contributed by atoms with Crippen LogP contribution >= 0.6 is 0 Å². The molecule has 0 atom stereocenters. The van der Waals surface area contributed by atoms with E-state index in [1.54, 1.807) is 30.3 Å². The molecule has 1 amide bonds. The van der Waals surface area contributed by atoms with Gasteiger partial charge in [-0.25, -0.2) is 0 Å². The zero-order chi connectivity index (χ0) is 10.1. The van der Waals surface area contributed by atoms with Crippen LogP contribution in [-0.2, 0) is 0 Å². The second-order valence-electron chi connectivity index (χ2n) is 2.06. The molecule has 0 aliphatic carbocycles. The zero-order valence-corrected chi connectivity index (χ0v) is 7.10.